The number of pyridine rings is 1. The lowest BCUT2D eigenvalue weighted by molar-refractivity contribution is -0.141. The van der Waals surface area contributed by atoms with Gasteiger partial charge in [0.15, 0.2) is 5.78 Å². The molecule has 0 saturated heterocycles. The molecule has 2 bridgehead atoms. The van der Waals surface area contributed by atoms with E-state index in [9.17, 15) is 22.8 Å². The Balaban J connectivity index is 1.76. The third-order valence-electron chi connectivity index (χ3n) is 5.96. The first-order chi connectivity index (χ1) is 16.2. The maximum Gasteiger partial charge on any atom is 0.287 e. The van der Waals surface area contributed by atoms with Crippen molar-refractivity contribution in [3.8, 4) is 0 Å². The molecule has 0 radical (unpaired) electrons. The Bertz CT molecular complexity index is 1130. The quantitative estimate of drug-likeness (QED) is 0.580. The fourth-order valence-corrected chi connectivity index (χ4v) is 5.45. The summed E-state index contributed by atoms with van der Waals surface area (Å²) < 4.78 is 28.1. The minimum absolute atomic E-state index is 0.0609. The molecule has 3 rings (SSSR count). The second kappa shape index (κ2) is 11.5. The summed E-state index contributed by atoms with van der Waals surface area (Å²) in [6, 6.07) is 8.85. The standard InChI is InChI=1S/C25H31N3O5S/c1-17(2)23(28-34(32,33)21-9-4-3-5-10-21)22(29)14-20-8-6-7-18-13-19(16-26-15-18)11-12-27-25(31)24(20)30/h3-5,9-10,13,15-17,20,23,28H,6-8,11-12,14H2,1-2H3,(H,27,31). The van der Waals surface area contributed by atoms with Gasteiger partial charge in [-0.25, -0.2) is 13.1 Å². The average Bonchev–Trinajstić information content (AvgIpc) is 2.81. The number of benzene rings is 1. The van der Waals surface area contributed by atoms with E-state index in [1.165, 1.54) is 12.1 Å². The number of rotatable bonds is 7. The minimum atomic E-state index is -3.92. The summed E-state index contributed by atoms with van der Waals surface area (Å²) in [6.07, 6.45) is 5.50. The monoisotopic (exact) mass is 485 g/mol. The topological polar surface area (TPSA) is 122 Å². The van der Waals surface area contributed by atoms with Crippen LogP contribution < -0.4 is 10.0 Å². The van der Waals surface area contributed by atoms with Gasteiger partial charge in [-0.15, -0.1) is 0 Å². The van der Waals surface area contributed by atoms with E-state index >= 15 is 0 Å². The van der Waals surface area contributed by atoms with Crippen LogP contribution in [0.3, 0.4) is 0 Å². The zero-order chi connectivity index (χ0) is 24.7. The molecule has 2 N–H and O–H groups in total. The van der Waals surface area contributed by atoms with Gasteiger partial charge in [0.25, 0.3) is 5.91 Å². The predicted octanol–water partition coefficient (Wildman–Crippen LogP) is 2.22. The molecule has 1 amide bonds. The number of Topliss-reactive ketones (excluding diaryl/α,β-unsaturated/α-hetero) is 2. The van der Waals surface area contributed by atoms with Crippen LogP contribution in [0.15, 0.2) is 53.7 Å². The number of nitrogens with one attached hydrogen (secondary N) is 2. The molecule has 2 unspecified atom stereocenters. The molecular formula is C25H31N3O5S. The van der Waals surface area contributed by atoms with Crippen LogP contribution in [0.1, 0.15) is 44.2 Å². The van der Waals surface area contributed by atoms with Crippen LogP contribution in [0.4, 0.5) is 0 Å². The van der Waals surface area contributed by atoms with Crippen molar-refractivity contribution in [1.82, 2.24) is 15.0 Å². The summed E-state index contributed by atoms with van der Waals surface area (Å²) in [6.45, 7) is 3.78. The van der Waals surface area contributed by atoms with Crippen LogP contribution in [-0.2, 0) is 37.2 Å². The van der Waals surface area contributed by atoms with Crippen LogP contribution in [0.2, 0.25) is 0 Å². The Kier molecular flexibility index (Phi) is 8.68. The van der Waals surface area contributed by atoms with Crippen LogP contribution >= 0.6 is 0 Å². The molecule has 0 spiro atoms. The first-order valence-corrected chi connectivity index (χ1v) is 13.0. The molecule has 1 aromatic heterocycles. The third-order valence-corrected chi connectivity index (χ3v) is 7.42. The number of ketones is 2. The molecule has 2 atom stereocenters. The molecule has 1 aliphatic rings. The molecule has 1 aromatic carbocycles. The van der Waals surface area contributed by atoms with Gasteiger partial charge in [-0.05, 0) is 54.9 Å². The highest BCUT2D eigenvalue weighted by molar-refractivity contribution is 7.89. The van der Waals surface area contributed by atoms with Gasteiger partial charge in [0.2, 0.25) is 15.8 Å². The van der Waals surface area contributed by atoms with E-state index < -0.39 is 39.5 Å². The Morgan fingerprint density at radius 3 is 2.47 bits per heavy atom. The fraction of sp³-hybridized carbons (Fsp3) is 0.440. The van der Waals surface area contributed by atoms with Gasteiger partial charge in [-0.3, -0.25) is 19.4 Å². The van der Waals surface area contributed by atoms with Crippen molar-refractivity contribution in [1.29, 1.82) is 0 Å². The van der Waals surface area contributed by atoms with Gasteiger partial charge in [0.1, 0.15) is 0 Å². The van der Waals surface area contributed by atoms with Crippen molar-refractivity contribution in [3.05, 3.63) is 59.9 Å². The number of fused-ring (bicyclic) bond motifs is 2. The summed E-state index contributed by atoms with van der Waals surface area (Å²) >= 11 is 0. The smallest absolute Gasteiger partial charge is 0.287 e. The van der Waals surface area contributed by atoms with Gasteiger partial charge in [0.05, 0.1) is 10.9 Å². The number of aromatic nitrogens is 1. The van der Waals surface area contributed by atoms with Gasteiger partial charge >= 0.3 is 0 Å². The average molecular weight is 486 g/mol. The summed E-state index contributed by atoms with van der Waals surface area (Å²) in [5.74, 6) is -2.91. The molecule has 2 heterocycles. The molecule has 1 aliphatic heterocycles. The molecule has 2 aromatic rings. The number of carbonyl (C=O) groups excluding carboxylic acids is 3. The highest BCUT2D eigenvalue weighted by atomic mass is 32.2. The molecule has 0 aliphatic carbocycles. The second-order valence-corrected chi connectivity index (χ2v) is 10.7. The predicted molar refractivity (Wildman–Crippen MR) is 127 cm³/mol. The summed E-state index contributed by atoms with van der Waals surface area (Å²) in [5, 5.41) is 2.64. The molecule has 182 valence electrons. The van der Waals surface area contributed by atoms with Crippen LogP contribution in [0.5, 0.6) is 0 Å². The van der Waals surface area contributed by atoms with Crippen molar-refractivity contribution in [2.45, 2.75) is 56.9 Å². The lowest BCUT2D eigenvalue weighted by Gasteiger charge is -2.23. The van der Waals surface area contributed by atoms with E-state index in [0.29, 0.717) is 32.2 Å². The van der Waals surface area contributed by atoms with Crippen LogP contribution in [0, 0.1) is 11.8 Å². The van der Waals surface area contributed by atoms with Gasteiger partial charge in [-0.1, -0.05) is 38.1 Å². The van der Waals surface area contributed by atoms with Crippen molar-refractivity contribution < 1.29 is 22.8 Å². The minimum Gasteiger partial charge on any atom is -0.349 e. The number of amides is 1. The van der Waals surface area contributed by atoms with Crippen molar-refractivity contribution in [2.24, 2.45) is 11.8 Å². The fourth-order valence-electron chi connectivity index (χ4n) is 4.06. The SMILES string of the molecule is CC(C)C(NS(=O)(=O)c1ccccc1)C(=O)CC1CCCc2cncc(c2)CCNC(=O)C1=O. The van der Waals surface area contributed by atoms with Gasteiger partial charge in [-0.2, -0.15) is 0 Å². The highest BCUT2D eigenvalue weighted by Gasteiger charge is 2.33. The van der Waals surface area contributed by atoms with Crippen molar-refractivity contribution in [2.75, 3.05) is 6.54 Å². The van der Waals surface area contributed by atoms with Crippen molar-refractivity contribution >= 4 is 27.5 Å². The number of nitrogens with zero attached hydrogens (tertiary/aromatic N) is 1. The number of aryl methyl sites for hydroxylation is 1. The molecule has 34 heavy (non-hydrogen) atoms. The lowest BCUT2D eigenvalue weighted by Crippen LogP contribution is -2.46. The van der Waals surface area contributed by atoms with Crippen molar-refractivity contribution in [3.63, 3.8) is 0 Å². The molecule has 0 fully saturated rings. The Labute approximate surface area is 200 Å². The summed E-state index contributed by atoms with van der Waals surface area (Å²) in [4.78, 5) is 42.9. The van der Waals surface area contributed by atoms with E-state index in [2.05, 4.69) is 15.0 Å². The third kappa shape index (κ3) is 6.80. The van der Waals surface area contributed by atoms with Crippen LogP contribution in [0.25, 0.3) is 0 Å². The van der Waals surface area contributed by atoms with Gasteiger partial charge in [0, 0.05) is 31.3 Å². The molecular weight excluding hydrogens is 454 g/mol. The first-order valence-electron chi connectivity index (χ1n) is 11.5. The van der Waals surface area contributed by atoms with E-state index in [-0.39, 0.29) is 17.2 Å². The zero-order valence-electron chi connectivity index (χ0n) is 19.5. The Morgan fingerprint density at radius 2 is 1.79 bits per heavy atom. The molecule has 9 heteroatoms. The number of hydrogen-bond donors (Lipinski definition) is 2. The van der Waals surface area contributed by atoms with E-state index in [0.717, 1.165) is 11.1 Å². The van der Waals surface area contributed by atoms with Crippen LogP contribution in [-0.4, -0.2) is 43.5 Å². The maximum atomic E-state index is 13.2. The number of sulfonamides is 1. The zero-order valence-corrected chi connectivity index (χ0v) is 20.3. The van der Waals surface area contributed by atoms with E-state index in [1.807, 2.05) is 6.07 Å². The summed E-state index contributed by atoms with van der Waals surface area (Å²) in [7, 11) is -3.92. The largest absolute Gasteiger partial charge is 0.349 e. The Morgan fingerprint density at radius 1 is 1.12 bits per heavy atom. The highest BCUT2D eigenvalue weighted by Crippen LogP contribution is 2.21. The maximum absolute atomic E-state index is 13.2. The summed E-state index contributed by atoms with van der Waals surface area (Å²) in [5.41, 5.74) is 2.03. The normalized spacial score (nSPS) is 18.5. The number of hydrogen-bond acceptors (Lipinski definition) is 6. The van der Waals surface area contributed by atoms with Gasteiger partial charge < -0.3 is 5.32 Å². The van der Waals surface area contributed by atoms with E-state index in [1.54, 1.807) is 44.4 Å². The number of carbonyl (C=O) groups is 3. The first kappa shape index (κ1) is 25.7. The Hall–Kier alpha value is -2.91. The molecule has 8 nitrogen and oxygen atoms in total. The second-order valence-electron chi connectivity index (χ2n) is 8.99. The lowest BCUT2D eigenvalue weighted by atomic mass is 9.87. The van der Waals surface area contributed by atoms with E-state index in [4.69, 9.17) is 0 Å². The molecule has 0 saturated carbocycles.